The normalized spacial score (nSPS) is 9.58. The molecule has 0 heterocycles. The summed E-state index contributed by atoms with van der Waals surface area (Å²) in [7, 11) is 1.39. The van der Waals surface area contributed by atoms with Crippen LogP contribution in [0.15, 0.2) is 90.5 Å². The molecule has 0 aromatic heterocycles. The highest BCUT2D eigenvalue weighted by molar-refractivity contribution is 5.87. The molecule has 0 radical (unpaired) electrons. The molecule has 138 valence electrons. The van der Waals surface area contributed by atoms with Crippen LogP contribution in [0.3, 0.4) is 0 Å². The van der Waals surface area contributed by atoms with Crippen molar-refractivity contribution in [1.82, 2.24) is 0 Å². The smallest absolute Gasteiger partial charge is 0.333 e. The minimum Gasteiger partial charge on any atom is -0.478 e. The predicted octanol–water partition coefficient (Wildman–Crippen LogP) is 4.68. The summed E-state index contributed by atoms with van der Waals surface area (Å²) in [4.78, 5) is 20.6. The number of ether oxygens (including phenoxy) is 1. The maximum absolute atomic E-state index is 11.0. The van der Waals surface area contributed by atoms with Crippen molar-refractivity contribution < 1.29 is 19.4 Å². The lowest BCUT2D eigenvalue weighted by molar-refractivity contribution is -0.136. The molecule has 4 heteroatoms. The number of rotatable bonds is 4. The van der Waals surface area contributed by atoms with E-state index < -0.39 is 5.97 Å². The van der Waals surface area contributed by atoms with E-state index in [1.165, 1.54) is 19.6 Å². The largest absolute Gasteiger partial charge is 0.478 e. The first kappa shape index (κ1) is 22.9. The molecule has 0 aliphatic rings. The average molecular weight is 354 g/mol. The van der Waals surface area contributed by atoms with Gasteiger partial charge in [0.1, 0.15) is 0 Å². The number of hydrogen-bond acceptors (Lipinski definition) is 3. The highest BCUT2D eigenvalue weighted by Gasteiger charge is 2.01. The van der Waals surface area contributed by atoms with Crippen LogP contribution in [0.5, 0.6) is 0 Å². The van der Waals surface area contributed by atoms with E-state index in [9.17, 15) is 9.59 Å². The van der Waals surface area contributed by atoms with Crippen molar-refractivity contribution in [1.29, 1.82) is 0 Å². The fraction of sp³-hybridized carbons (Fsp3) is 0.182. The van der Waals surface area contributed by atoms with Crippen LogP contribution in [-0.4, -0.2) is 24.2 Å². The summed E-state index contributed by atoms with van der Waals surface area (Å²) in [6, 6.07) is 22.0. The summed E-state index contributed by atoms with van der Waals surface area (Å²) in [6.45, 7) is 6.36. The van der Waals surface area contributed by atoms with Crippen LogP contribution in [0.25, 0.3) is 0 Å². The summed E-state index contributed by atoms with van der Waals surface area (Å²) in [5.41, 5.74) is 2.02. The molecule has 2 aromatic rings. The zero-order valence-corrected chi connectivity index (χ0v) is 15.5. The second-order valence-corrected chi connectivity index (χ2v) is 5.31. The Labute approximate surface area is 155 Å². The van der Waals surface area contributed by atoms with Crippen molar-refractivity contribution in [2.75, 3.05) is 7.11 Å². The Morgan fingerprint density at radius 2 is 1.35 bits per heavy atom. The highest BCUT2D eigenvalue weighted by atomic mass is 16.5. The van der Waals surface area contributed by atoms with Crippen molar-refractivity contribution in [3.8, 4) is 0 Å². The van der Waals surface area contributed by atoms with E-state index in [1.54, 1.807) is 6.92 Å². The summed E-state index contributed by atoms with van der Waals surface area (Å²) in [5.74, 6) is -1.20. The Morgan fingerprint density at radius 3 is 1.69 bits per heavy atom. The Hall–Kier alpha value is -3.14. The Bertz CT molecular complexity index is 650. The second kappa shape index (κ2) is 14.2. The Morgan fingerprint density at radius 1 is 0.962 bits per heavy atom. The number of aliphatic carboxylic acids is 1. The molecule has 4 nitrogen and oxygen atoms in total. The quantitative estimate of drug-likeness (QED) is 0.639. The van der Waals surface area contributed by atoms with Crippen molar-refractivity contribution >= 4 is 11.9 Å². The number of methoxy groups -OCH3 is 1. The van der Waals surface area contributed by atoms with Crippen molar-refractivity contribution in [3.05, 3.63) is 96.1 Å². The molecule has 0 amide bonds. The van der Waals surface area contributed by atoms with Gasteiger partial charge in [-0.3, -0.25) is 0 Å². The third kappa shape index (κ3) is 12.3. The van der Waals surface area contributed by atoms with Gasteiger partial charge >= 0.3 is 11.9 Å². The Kier molecular flexibility index (Phi) is 12.5. The van der Waals surface area contributed by atoms with Gasteiger partial charge in [0, 0.05) is 11.1 Å². The minimum atomic E-state index is -0.935. The van der Waals surface area contributed by atoms with Gasteiger partial charge in [-0.2, -0.15) is 0 Å². The molecule has 1 N–H and O–H groups in total. The van der Waals surface area contributed by atoms with E-state index in [1.807, 2.05) is 72.8 Å². The number of carboxylic acids is 1. The number of benzene rings is 2. The number of carbonyl (C=O) groups is 2. The predicted molar refractivity (Wildman–Crippen MR) is 105 cm³/mol. The molecule has 2 aromatic carbocycles. The van der Waals surface area contributed by atoms with Crippen LogP contribution >= 0.6 is 0 Å². The zero-order chi connectivity index (χ0) is 19.8. The van der Waals surface area contributed by atoms with Gasteiger partial charge in [0.15, 0.2) is 0 Å². The summed E-state index contributed by atoms with van der Waals surface area (Å²) >= 11 is 0. The monoisotopic (exact) mass is 354 g/mol. The molecule has 0 fully saturated rings. The summed E-state index contributed by atoms with van der Waals surface area (Å²) < 4.78 is 4.59. The van der Waals surface area contributed by atoms with Gasteiger partial charge in [-0.25, -0.2) is 9.59 Å². The van der Waals surface area contributed by atoms with Gasteiger partial charge in [0.25, 0.3) is 0 Å². The average Bonchev–Trinajstić information content (AvgIpc) is 2.68. The van der Waals surface area contributed by atoms with Crippen molar-refractivity contribution in [2.24, 2.45) is 0 Å². The highest BCUT2D eigenvalue weighted by Crippen LogP contribution is 2.03. The minimum absolute atomic E-state index is 0.176. The van der Waals surface area contributed by atoms with E-state index in [4.69, 9.17) is 5.11 Å². The van der Waals surface area contributed by atoms with Gasteiger partial charge in [-0.05, 0) is 25.8 Å². The molecular weight excluding hydrogens is 328 g/mol. The number of carbonyl (C=O) groups excluding carboxylic acids is 1. The van der Waals surface area contributed by atoms with Crippen molar-refractivity contribution in [3.63, 3.8) is 0 Å². The van der Waals surface area contributed by atoms with Gasteiger partial charge in [0.05, 0.1) is 7.11 Å². The van der Waals surface area contributed by atoms with Gasteiger partial charge in [0.2, 0.25) is 0 Å². The van der Waals surface area contributed by atoms with Crippen molar-refractivity contribution in [2.45, 2.75) is 20.3 Å². The molecule has 26 heavy (non-hydrogen) atoms. The lowest BCUT2D eigenvalue weighted by Crippen LogP contribution is -2.01. The van der Waals surface area contributed by atoms with E-state index in [-0.39, 0.29) is 11.5 Å². The third-order valence-corrected chi connectivity index (χ3v) is 3.03. The molecule has 0 bridgehead atoms. The van der Waals surface area contributed by atoms with E-state index in [0.29, 0.717) is 5.57 Å². The van der Waals surface area contributed by atoms with Crippen LogP contribution in [0.2, 0.25) is 0 Å². The zero-order valence-electron chi connectivity index (χ0n) is 15.5. The molecular formula is C22H26O4. The van der Waals surface area contributed by atoms with Crippen LogP contribution < -0.4 is 0 Å². The molecule has 0 spiro atoms. The van der Waals surface area contributed by atoms with E-state index in [0.717, 1.165) is 6.42 Å². The first-order valence-electron chi connectivity index (χ1n) is 8.06. The maximum Gasteiger partial charge on any atom is 0.333 e. The van der Waals surface area contributed by atoms with Gasteiger partial charge < -0.3 is 9.84 Å². The molecule has 0 aliphatic carbocycles. The van der Waals surface area contributed by atoms with E-state index in [2.05, 4.69) is 11.3 Å². The first-order valence-corrected chi connectivity index (χ1v) is 8.06. The van der Waals surface area contributed by atoms with Crippen LogP contribution in [0, 0.1) is 0 Å². The molecule has 0 unspecified atom stereocenters. The van der Waals surface area contributed by atoms with Gasteiger partial charge in [-0.15, -0.1) is 0 Å². The Balaban J connectivity index is 0.000000429. The van der Waals surface area contributed by atoms with Crippen LogP contribution in [0.1, 0.15) is 19.4 Å². The molecule has 0 saturated heterocycles. The van der Waals surface area contributed by atoms with Crippen LogP contribution in [-0.2, 0) is 20.7 Å². The first-order chi connectivity index (χ1) is 12.4. The fourth-order valence-corrected chi connectivity index (χ4v) is 1.51. The SMILES string of the molecule is C=C(C)C(=O)O.COC(=O)C(C)=CCc1ccccc1.c1ccccc1. The summed E-state index contributed by atoms with van der Waals surface area (Å²) in [6.07, 6.45) is 2.64. The number of allylic oxidation sites excluding steroid dienone is 1. The van der Waals surface area contributed by atoms with E-state index >= 15 is 0 Å². The van der Waals surface area contributed by atoms with Crippen LogP contribution in [0.4, 0.5) is 0 Å². The maximum atomic E-state index is 11.0. The third-order valence-electron chi connectivity index (χ3n) is 3.03. The number of carboxylic acid groups (broad SMARTS) is 1. The molecule has 0 aliphatic heterocycles. The summed E-state index contributed by atoms with van der Waals surface area (Å²) in [5, 5.41) is 7.89. The second-order valence-electron chi connectivity index (χ2n) is 5.31. The number of esters is 1. The number of hydrogen-bond donors (Lipinski definition) is 1. The standard InChI is InChI=1S/C12H14O2.C6H6.C4H6O2/c1-10(12(13)14-2)8-9-11-6-4-3-5-7-11;1-2-4-6-5-3-1;1-3(2)4(5)6/h3-8H,9H2,1-2H3;1-6H;1H2,2H3,(H,5,6). The lowest BCUT2D eigenvalue weighted by Gasteiger charge is -1.99. The molecule has 0 atom stereocenters. The molecule has 0 saturated carbocycles. The lowest BCUT2D eigenvalue weighted by atomic mass is 10.1. The van der Waals surface area contributed by atoms with Gasteiger partial charge in [-0.1, -0.05) is 79.4 Å². The topological polar surface area (TPSA) is 63.6 Å². The molecule has 2 rings (SSSR count). The fourth-order valence-electron chi connectivity index (χ4n) is 1.51.